The maximum Gasteiger partial charge on any atom is 0.143 e. The van der Waals surface area contributed by atoms with Gasteiger partial charge in [-0.05, 0) is 19.1 Å². The molecule has 1 atom stereocenters. The van der Waals surface area contributed by atoms with Gasteiger partial charge >= 0.3 is 0 Å². The highest BCUT2D eigenvalue weighted by Gasteiger charge is 2.35. The third-order valence-corrected chi connectivity index (χ3v) is 3.49. The van der Waals surface area contributed by atoms with Crippen LogP contribution < -0.4 is 15.0 Å². The molecular formula is C14H19N3O. The summed E-state index contributed by atoms with van der Waals surface area (Å²) in [5, 5.41) is 3.32. The van der Waals surface area contributed by atoms with E-state index in [-0.39, 0.29) is 5.60 Å². The first-order chi connectivity index (χ1) is 8.66. The summed E-state index contributed by atoms with van der Waals surface area (Å²) in [5.41, 5.74) is 0.954. The molecule has 0 saturated carbocycles. The lowest BCUT2D eigenvalue weighted by Crippen LogP contribution is -2.49. The van der Waals surface area contributed by atoms with Gasteiger partial charge in [0.15, 0.2) is 0 Å². The summed E-state index contributed by atoms with van der Waals surface area (Å²) in [6.07, 6.45) is 0.839. The molecule has 0 fully saturated rings. The van der Waals surface area contributed by atoms with E-state index in [4.69, 9.17) is 4.74 Å². The van der Waals surface area contributed by atoms with Crippen LogP contribution in [-0.2, 0) is 0 Å². The molecule has 96 valence electrons. The van der Waals surface area contributed by atoms with Gasteiger partial charge in [0.25, 0.3) is 0 Å². The highest BCUT2D eigenvalue weighted by atomic mass is 16.5. The minimum absolute atomic E-state index is 0.209. The van der Waals surface area contributed by atoms with Crippen molar-refractivity contribution in [1.29, 1.82) is 0 Å². The number of fused-ring (bicyclic) bond motifs is 1. The number of para-hydroxylation sites is 2. The number of hydrogen-bond acceptors (Lipinski definition) is 4. The van der Waals surface area contributed by atoms with Crippen molar-refractivity contribution < 1.29 is 4.74 Å². The zero-order chi connectivity index (χ0) is 12.6. The van der Waals surface area contributed by atoms with Crippen LogP contribution in [0.2, 0.25) is 0 Å². The smallest absolute Gasteiger partial charge is 0.143 e. The number of likely N-dealkylation sites (N-methyl/N-ethyl adjacent to an activating group) is 1. The number of aliphatic imine (C=N–C) groups is 1. The van der Waals surface area contributed by atoms with Crippen molar-refractivity contribution in [2.24, 2.45) is 4.99 Å². The molecule has 0 aromatic heterocycles. The quantitative estimate of drug-likeness (QED) is 0.861. The van der Waals surface area contributed by atoms with Crippen LogP contribution in [-0.4, -0.2) is 38.1 Å². The average Bonchev–Trinajstić information content (AvgIpc) is 2.81. The molecule has 0 radical (unpaired) electrons. The van der Waals surface area contributed by atoms with Gasteiger partial charge in [0.2, 0.25) is 0 Å². The zero-order valence-electron chi connectivity index (χ0n) is 10.9. The van der Waals surface area contributed by atoms with Gasteiger partial charge in [0, 0.05) is 20.0 Å². The van der Waals surface area contributed by atoms with Gasteiger partial charge in [0.05, 0.1) is 18.8 Å². The van der Waals surface area contributed by atoms with Crippen LogP contribution in [0.5, 0.6) is 5.75 Å². The lowest BCUT2D eigenvalue weighted by atomic mass is 9.98. The molecule has 0 amide bonds. The van der Waals surface area contributed by atoms with Crippen LogP contribution in [0, 0.1) is 0 Å². The summed E-state index contributed by atoms with van der Waals surface area (Å²) in [6, 6.07) is 8.20. The van der Waals surface area contributed by atoms with Gasteiger partial charge in [-0.2, -0.15) is 0 Å². The Morgan fingerprint density at radius 2 is 2.28 bits per heavy atom. The van der Waals surface area contributed by atoms with E-state index in [9.17, 15) is 0 Å². The molecule has 2 heterocycles. The van der Waals surface area contributed by atoms with Crippen molar-refractivity contribution >= 4 is 11.5 Å². The van der Waals surface area contributed by atoms with Crippen LogP contribution in [0.15, 0.2) is 29.3 Å². The van der Waals surface area contributed by atoms with Crippen LogP contribution in [0.1, 0.15) is 13.3 Å². The zero-order valence-corrected chi connectivity index (χ0v) is 10.9. The number of hydrogen-bond donors (Lipinski definition) is 1. The van der Waals surface area contributed by atoms with Gasteiger partial charge in [0.1, 0.15) is 17.2 Å². The van der Waals surface area contributed by atoms with Crippen LogP contribution >= 0.6 is 0 Å². The topological polar surface area (TPSA) is 36.9 Å². The largest absolute Gasteiger partial charge is 0.483 e. The van der Waals surface area contributed by atoms with Crippen LogP contribution in [0.4, 0.5) is 5.69 Å². The van der Waals surface area contributed by atoms with Crippen LogP contribution in [0.25, 0.3) is 0 Å². The summed E-state index contributed by atoms with van der Waals surface area (Å²) in [4.78, 5) is 6.72. The Morgan fingerprint density at radius 1 is 1.44 bits per heavy atom. The van der Waals surface area contributed by atoms with Crippen molar-refractivity contribution in [3.05, 3.63) is 24.3 Å². The summed E-state index contributed by atoms with van der Waals surface area (Å²) < 4.78 is 6.19. The molecule has 1 aromatic carbocycles. The monoisotopic (exact) mass is 245 g/mol. The van der Waals surface area contributed by atoms with Crippen molar-refractivity contribution in [3.8, 4) is 5.75 Å². The Bertz CT molecular complexity index is 486. The van der Waals surface area contributed by atoms with E-state index in [2.05, 4.69) is 35.2 Å². The fourth-order valence-electron chi connectivity index (χ4n) is 2.75. The molecule has 0 bridgehead atoms. The third-order valence-electron chi connectivity index (χ3n) is 3.49. The SMILES string of the molecule is CN1CC(C)(CC2=NCCN2)Oc2ccccc21. The Balaban J connectivity index is 1.83. The molecular weight excluding hydrogens is 226 g/mol. The summed E-state index contributed by atoms with van der Waals surface area (Å²) in [7, 11) is 2.11. The molecule has 2 aliphatic heterocycles. The van der Waals surface area contributed by atoms with E-state index in [0.717, 1.165) is 43.3 Å². The standard InChI is InChI=1S/C14H19N3O/c1-14(9-13-15-7-8-16-13)10-17(2)11-5-3-4-6-12(11)18-14/h3-6H,7-10H2,1-2H3,(H,15,16). The fourth-order valence-corrected chi connectivity index (χ4v) is 2.75. The van der Waals surface area contributed by atoms with E-state index in [0.29, 0.717) is 0 Å². The minimum Gasteiger partial charge on any atom is -0.483 e. The Labute approximate surface area is 108 Å². The highest BCUT2D eigenvalue weighted by Crippen LogP contribution is 2.37. The van der Waals surface area contributed by atoms with E-state index in [1.165, 1.54) is 0 Å². The van der Waals surface area contributed by atoms with Gasteiger partial charge in [-0.3, -0.25) is 4.99 Å². The van der Waals surface area contributed by atoms with Crippen molar-refractivity contribution in [3.63, 3.8) is 0 Å². The Hall–Kier alpha value is -1.71. The molecule has 0 saturated heterocycles. The maximum absolute atomic E-state index is 6.19. The normalized spacial score (nSPS) is 26.1. The van der Waals surface area contributed by atoms with Gasteiger partial charge in [-0.25, -0.2) is 0 Å². The van der Waals surface area contributed by atoms with E-state index >= 15 is 0 Å². The summed E-state index contributed by atoms with van der Waals surface area (Å²) in [6.45, 7) is 4.88. The lowest BCUT2D eigenvalue weighted by molar-refractivity contribution is 0.0938. The Morgan fingerprint density at radius 3 is 3.06 bits per heavy atom. The molecule has 1 aromatic rings. The van der Waals surface area contributed by atoms with Gasteiger partial charge in [-0.15, -0.1) is 0 Å². The minimum atomic E-state index is -0.209. The molecule has 1 N–H and O–H groups in total. The first kappa shape index (κ1) is 11.4. The molecule has 4 nitrogen and oxygen atoms in total. The molecule has 1 unspecified atom stereocenters. The number of anilines is 1. The average molecular weight is 245 g/mol. The first-order valence-electron chi connectivity index (χ1n) is 6.43. The molecule has 0 spiro atoms. The number of benzene rings is 1. The van der Waals surface area contributed by atoms with Crippen molar-refractivity contribution in [2.75, 3.05) is 31.6 Å². The number of nitrogens with zero attached hydrogens (tertiary/aromatic N) is 2. The predicted molar refractivity (Wildman–Crippen MR) is 73.7 cm³/mol. The number of ether oxygens (including phenoxy) is 1. The number of nitrogens with one attached hydrogen (secondary N) is 1. The number of amidine groups is 1. The molecule has 0 aliphatic carbocycles. The van der Waals surface area contributed by atoms with Crippen molar-refractivity contribution in [2.45, 2.75) is 18.9 Å². The van der Waals surface area contributed by atoms with Crippen LogP contribution in [0.3, 0.4) is 0 Å². The molecule has 3 rings (SSSR count). The second-order valence-electron chi connectivity index (χ2n) is 5.31. The van der Waals surface area contributed by atoms with Crippen molar-refractivity contribution in [1.82, 2.24) is 5.32 Å². The summed E-state index contributed by atoms with van der Waals surface area (Å²) >= 11 is 0. The first-order valence-corrected chi connectivity index (χ1v) is 6.43. The van der Waals surface area contributed by atoms with Gasteiger partial charge < -0.3 is 15.0 Å². The third kappa shape index (κ3) is 2.03. The fraction of sp³-hybridized carbons (Fsp3) is 0.500. The van der Waals surface area contributed by atoms with E-state index in [1.807, 2.05) is 18.2 Å². The molecule has 4 heteroatoms. The van der Waals surface area contributed by atoms with E-state index in [1.54, 1.807) is 0 Å². The van der Waals surface area contributed by atoms with Gasteiger partial charge in [-0.1, -0.05) is 12.1 Å². The highest BCUT2D eigenvalue weighted by molar-refractivity contribution is 5.84. The molecule has 2 aliphatic rings. The maximum atomic E-state index is 6.19. The predicted octanol–water partition coefficient (Wildman–Crippen LogP) is 1.67. The lowest BCUT2D eigenvalue weighted by Gasteiger charge is -2.41. The second kappa shape index (κ2) is 4.19. The second-order valence-corrected chi connectivity index (χ2v) is 5.31. The number of rotatable bonds is 2. The summed E-state index contributed by atoms with van der Waals surface area (Å²) in [5.74, 6) is 2.04. The Kier molecular flexibility index (Phi) is 2.65. The molecule has 18 heavy (non-hydrogen) atoms. The van der Waals surface area contributed by atoms with E-state index < -0.39 is 0 Å².